The van der Waals surface area contributed by atoms with Gasteiger partial charge >= 0.3 is 0 Å². The smallest absolute Gasteiger partial charge is 0.248 e. The minimum Gasteiger partial charge on any atom is -0.368 e. The van der Waals surface area contributed by atoms with E-state index in [1.807, 2.05) is 0 Å². The van der Waals surface area contributed by atoms with Gasteiger partial charge < -0.3 is 11.1 Å². The minimum absolute atomic E-state index is 0.0631. The van der Waals surface area contributed by atoms with Crippen LogP contribution in [0.25, 0.3) is 11.1 Å². The molecule has 1 heterocycles. The van der Waals surface area contributed by atoms with E-state index in [2.05, 4.69) is 20.5 Å². The molecule has 3 rings (SSSR count). The average Bonchev–Trinajstić information content (AvgIpc) is 2.99. The number of aromatic nitrogens is 3. The van der Waals surface area contributed by atoms with Crippen molar-refractivity contribution in [3.63, 3.8) is 0 Å². The summed E-state index contributed by atoms with van der Waals surface area (Å²) in [6.07, 6.45) is 0.523. The fourth-order valence-corrected chi connectivity index (χ4v) is 4.24. The summed E-state index contributed by atoms with van der Waals surface area (Å²) in [5.41, 5.74) is 6.44. The van der Waals surface area contributed by atoms with Crippen LogP contribution in [0, 0.1) is 5.82 Å². The number of hydrogen-bond donors (Lipinski definition) is 3. The normalized spacial score (nSPS) is 11.5. The Balaban J connectivity index is 1.90. The molecule has 0 saturated heterocycles. The Kier molecular flexibility index (Phi) is 5.33. The highest BCUT2D eigenvalue weighted by molar-refractivity contribution is 7.91. The number of sulfone groups is 1. The molecule has 2 aromatic carbocycles. The van der Waals surface area contributed by atoms with Crippen LogP contribution in [0.15, 0.2) is 41.3 Å². The maximum absolute atomic E-state index is 14.6. The SMILES string of the molecule is CCCS(=O)(=O)c1ccc(-c2c(F)cc(Nc3n[nH]c(N)n3)cc2Cl)cc1. The van der Waals surface area contributed by atoms with Crippen LogP contribution in [0.1, 0.15) is 13.3 Å². The molecule has 0 spiro atoms. The number of nitrogen functional groups attached to an aromatic ring is 1. The second kappa shape index (κ2) is 7.53. The summed E-state index contributed by atoms with van der Waals surface area (Å²) in [7, 11) is -3.33. The van der Waals surface area contributed by atoms with E-state index < -0.39 is 15.7 Å². The molecular weight excluding hydrogens is 393 g/mol. The van der Waals surface area contributed by atoms with Gasteiger partial charge in [0.2, 0.25) is 11.9 Å². The van der Waals surface area contributed by atoms with Crippen molar-refractivity contribution < 1.29 is 12.8 Å². The quantitative estimate of drug-likeness (QED) is 0.571. The predicted molar refractivity (Wildman–Crippen MR) is 103 cm³/mol. The Morgan fingerprint density at radius 1 is 1.26 bits per heavy atom. The van der Waals surface area contributed by atoms with Crippen LogP contribution in [-0.4, -0.2) is 29.4 Å². The van der Waals surface area contributed by atoms with E-state index in [-0.39, 0.29) is 33.1 Å². The fourth-order valence-electron chi connectivity index (χ4n) is 2.60. The molecule has 142 valence electrons. The van der Waals surface area contributed by atoms with E-state index >= 15 is 0 Å². The number of anilines is 3. The zero-order chi connectivity index (χ0) is 19.6. The molecule has 10 heteroatoms. The Bertz CT molecular complexity index is 1040. The fraction of sp³-hybridized carbons (Fsp3) is 0.176. The summed E-state index contributed by atoms with van der Waals surface area (Å²) in [4.78, 5) is 4.07. The van der Waals surface area contributed by atoms with Crippen LogP contribution in [0.5, 0.6) is 0 Å². The van der Waals surface area contributed by atoms with Gasteiger partial charge in [0.15, 0.2) is 9.84 Å². The molecule has 4 N–H and O–H groups in total. The van der Waals surface area contributed by atoms with Crippen molar-refractivity contribution in [2.24, 2.45) is 0 Å². The van der Waals surface area contributed by atoms with E-state index in [9.17, 15) is 12.8 Å². The largest absolute Gasteiger partial charge is 0.368 e. The van der Waals surface area contributed by atoms with Gasteiger partial charge in [-0.05, 0) is 36.2 Å². The first-order valence-corrected chi connectivity index (χ1v) is 10.1. The first kappa shape index (κ1) is 19.1. The number of rotatable bonds is 6. The van der Waals surface area contributed by atoms with Crippen LogP contribution < -0.4 is 11.1 Å². The number of nitrogens with zero attached hydrogens (tertiary/aromatic N) is 2. The molecule has 7 nitrogen and oxygen atoms in total. The highest BCUT2D eigenvalue weighted by Gasteiger charge is 2.16. The molecule has 27 heavy (non-hydrogen) atoms. The standard InChI is InChI=1S/C17H17ClFN5O2S/c1-2-7-27(25,26)12-5-3-10(4-6-12)15-13(18)8-11(9-14(15)19)21-17-22-16(20)23-24-17/h3-6,8-9H,2,7H2,1H3,(H4,20,21,22,23,24). The molecule has 0 atom stereocenters. The summed E-state index contributed by atoms with van der Waals surface area (Å²) < 4.78 is 38.8. The zero-order valence-electron chi connectivity index (χ0n) is 14.3. The zero-order valence-corrected chi connectivity index (χ0v) is 15.9. The molecule has 0 radical (unpaired) electrons. The van der Waals surface area contributed by atoms with Crippen molar-refractivity contribution in [2.75, 3.05) is 16.8 Å². The molecule has 1 aromatic heterocycles. The predicted octanol–water partition coefficient (Wildman–Crippen LogP) is 3.77. The van der Waals surface area contributed by atoms with Gasteiger partial charge in [-0.2, -0.15) is 4.98 Å². The summed E-state index contributed by atoms with van der Waals surface area (Å²) in [6.45, 7) is 1.80. The topological polar surface area (TPSA) is 114 Å². The molecule has 0 aliphatic heterocycles. The van der Waals surface area contributed by atoms with Crippen LogP contribution in [0.4, 0.5) is 22.0 Å². The van der Waals surface area contributed by atoms with Gasteiger partial charge in [-0.25, -0.2) is 17.9 Å². The van der Waals surface area contributed by atoms with E-state index in [1.165, 1.54) is 36.4 Å². The van der Waals surface area contributed by atoms with Crippen LogP contribution >= 0.6 is 11.6 Å². The number of hydrogen-bond acceptors (Lipinski definition) is 6. The van der Waals surface area contributed by atoms with E-state index in [4.69, 9.17) is 17.3 Å². The van der Waals surface area contributed by atoms with Gasteiger partial charge in [0, 0.05) is 11.3 Å². The van der Waals surface area contributed by atoms with Crippen LogP contribution in [-0.2, 0) is 9.84 Å². The van der Waals surface area contributed by atoms with Crippen molar-refractivity contribution in [2.45, 2.75) is 18.2 Å². The van der Waals surface area contributed by atoms with E-state index in [1.54, 1.807) is 6.92 Å². The second-order valence-corrected chi connectivity index (χ2v) is 8.34. The van der Waals surface area contributed by atoms with Gasteiger partial charge in [0.05, 0.1) is 15.7 Å². The van der Waals surface area contributed by atoms with Crippen molar-refractivity contribution in [1.82, 2.24) is 15.2 Å². The summed E-state index contributed by atoms with van der Waals surface area (Å²) in [6, 6.07) is 8.76. The van der Waals surface area contributed by atoms with Gasteiger partial charge in [-0.1, -0.05) is 30.7 Å². The molecule has 0 aliphatic carbocycles. The molecule has 0 saturated carbocycles. The molecule has 0 aliphatic rings. The number of nitrogens with one attached hydrogen (secondary N) is 2. The monoisotopic (exact) mass is 409 g/mol. The molecule has 0 bridgehead atoms. The third-order valence-corrected chi connectivity index (χ3v) is 6.01. The van der Waals surface area contributed by atoms with E-state index in [0.717, 1.165) is 0 Å². The summed E-state index contributed by atoms with van der Waals surface area (Å²) >= 11 is 6.25. The Labute approximate surface area is 160 Å². The van der Waals surface area contributed by atoms with Crippen molar-refractivity contribution in [3.05, 3.63) is 47.2 Å². The van der Waals surface area contributed by atoms with Crippen molar-refractivity contribution in [3.8, 4) is 11.1 Å². The Morgan fingerprint density at radius 2 is 1.96 bits per heavy atom. The lowest BCUT2D eigenvalue weighted by molar-refractivity contribution is 0.595. The van der Waals surface area contributed by atoms with Gasteiger partial charge in [-0.15, -0.1) is 5.10 Å². The first-order chi connectivity index (χ1) is 12.8. The number of aromatic amines is 1. The molecular formula is C17H17ClFN5O2S. The van der Waals surface area contributed by atoms with Crippen LogP contribution in [0.3, 0.4) is 0 Å². The first-order valence-electron chi connectivity index (χ1n) is 8.07. The summed E-state index contributed by atoms with van der Waals surface area (Å²) in [5.74, 6) is -0.203. The number of nitrogens with two attached hydrogens (primary N) is 1. The van der Waals surface area contributed by atoms with E-state index in [0.29, 0.717) is 17.7 Å². The molecule has 0 fully saturated rings. The maximum atomic E-state index is 14.6. The average molecular weight is 410 g/mol. The van der Waals surface area contributed by atoms with Crippen LogP contribution in [0.2, 0.25) is 5.02 Å². The second-order valence-electron chi connectivity index (χ2n) is 5.83. The van der Waals surface area contributed by atoms with Crippen molar-refractivity contribution in [1.29, 1.82) is 0 Å². The van der Waals surface area contributed by atoms with Gasteiger partial charge in [0.1, 0.15) is 5.82 Å². The van der Waals surface area contributed by atoms with Gasteiger partial charge in [-0.3, -0.25) is 0 Å². The minimum atomic E-state index is -3.33. The van der Waals surface area contributed by atoms with Crippen molar-refractivity contribution >= 4 is 39.0 Å². The molecule has 0 unspecified atom stereocenters. The lowest BCUT2D eigenvalue weighted by atomic mass is 10.0. The third kappa shape index (κ3) is 4.20. The highest BCUT2D eigenvalue weighted by atomic mass is 35.5. The molecule has 3 aromatic rings. The maximum Gasteiger partial charge on any atom is 0.248 e. The lowest BCUT2D eigenvalue weighted by Gasteiger charge is -2.10. The van der Waals surface area contributed by atoms with Gasteiger partial charge in [0.25, 0.3) is 0 Å². The summed E-state index contributed by atoms with van der Waals surface area (Å²) in [5, 5.41) is 9.21. The third-order valence-electron chi connectivity index (χ3n) is 3.78. The number of benzene rings is 2. The lowest BCUT2D eigenvalue weighted by Crippen LogP contribution is -2.05. The number of halogens is 2. The Hall–Kier alpha value is -2.65. The highest BCUT2D eigenvalue weighted by Crippen LogP contribution is 2.34. The Morgan fingerprint density at radius 3 is 2.52 bits per heavy atom. The molecule has 0 amide bonds. The number of H-pyrrole nitrogens is 1.